The van der Waals surface area contributed by atoms with Crippen molar-refractivity contribution in [3.8, 4) is 11.8 Å². The molecule has 0 heterocycles. The number of phenolic OH excluding ortho intramolecular Hbond substituents is 1. The number of hydrogen-bond donors (Lipinski definition) is 2. The summed E-state index contributed by atoms with van der Waals surface area (Å²) in [5.41, 5.74) is 7.30. The van der Waals surface area contributed by atoms with Crippen molar-refractivity contribution in [1.82, 2.24) is 0 Å². The Labute approximate surface area is 116 Å². The van der Waals surface area contributed by atoms with Crippen LogP contribution in [0.1, 0.15) is 15.9 Å². The van der Waals surface area contributed by atoms with Gasteiger partial charge in [0.1, 0.15) is 5.75 Å². The van der Waals surface area contributed by atoms with E-state index >= 15 is 0 Å². The number of amides is 1. The molecule has 5 heteroatoms. The average Bonchev–Trinajstić information content (AvgIpc) is 2.48. The van der Waals surface area contributed by atoms with Crippen molar-refractivity contribution in [1.29, 1.82) is 5.26 Å². The Bertz CT molecular complexity index is 705. The second-order valence-corrected chi connectivity index (χ2v) is 4.30. The molecule has 0 spiro atoms. The number of anilines is 2. The molecule has 2 aromatic carbocycles. The first kappa shape index (κ1) is 13.4. The third-order valence-corrected chi connectivity index (χ3v) is 2.93. The number of carbonyl (C=O) groups is 1. The molecule has 2 rings (SSSR count). The van der Waals surface area contributed by atoms with Crippen LogP contribution in [0.5, 0.6) is 5.75 Å². The van der Waals surface area contributed by atoms with Crippen LogP contribution in [0.4, 0.5) is 11.4 Å². The van der Waals surface area contributed by atoms with Gasteiger partial charge in [-0.3, -0.25) is 4.79 Å². The van der Waals surface area contributed by atoms with Gasteiger partial charge in [0.2, 0.25) is 0 Å². The SMILES string of the molecule is CN(C(=O)c1cc(O)ccc1N)c1cccc(C#N)c1. The Balaban J connectivity index is 2.37. The molecule has 3 N–H and O–H groups in total. The molecule has 0 unspecified atom stereocenters. The molecule has 20 heavy (non-hydrogen) atoms. The predicted octanol–water partition coefficient (Wildman–Crippen LogP) is 2.12. The van der Waals surface area contributed by atoms with Gasteiger partial charge in [0, 0.05) is 18.4 Å². The van der Waals surface area contributed by atoms with Crippen molar-refractivity contribution in [3.05, 3.63) is 53.6 Å². The van der Waals surface area contributed by atoms with Gasteiger partial charge in [-0.25, -0.2) is 0 Å². The van der Waals surface area contributed by atoms with Gasteiger partial charge in [-0.15, -0.1) is 0 Å². The van der Waals surface area contributed by atoms with E-state index in [1.54, 1.807) is 31.3 Å². The van der Waals surface area contributed by atoms with Gasteiger partial charge in [-0.05, 0) is 36.4 Å². The summed E-state index contributed by atoms with van der Waals surface area (Å²) in [6, 6.07) is 12.9. The van der Waals surface area contributed by atoms with Crippen LogP contribution in [0.3, 0.4) is 0 Å². The second-order valence-electron chi connectivity index (χ2n) is 4.30. The van der Waals surface area contributed by atoms with Crippen LogP contribution >= 0.6 is 0 Å². The molecule has 0 aromatic heterocycles. The van der Waals surface area contributed by atoms with Crippen LogP contribution in [0.15, 0.2) is 42.5 Å². The summed E-state index contributed by atoms with van der Waals surface area (Å²) < 4.78 is 0. The molecule has 0 bridgehead atoms. The summed E-state index contributed by atoms with van der Waals surface area (Å²) in [6.07, 6.45) is 0. The molecular weight excluding hydrogens is 254 g/mol. The zero-order valence-corrected chi connectivity index (χ0v) is 10.9. The number of phenols is 1. The fraction of sp³-hybridized carbons (Fsp3) is 0.0667. The lowest BCUT2D eigenvalue weighted by atomic mass is 10.1. The summed E-state index contributed by atoms with van der Waals surface area (Å²) in [7, 11) is 1.59. The number of nitrogens with zero attached hydrogens (tertiary/aromatic N) is 2. The Kier molecular flexibility index (Phi) is 3.58. The lowest BCUT2D eigenvalue weighted by Crippen LogP contribution is -2.27. The molecule has 0 aliphatic carbocycles. The summed E-state index contributed by atoms with van der Waals surface area (Å²) in [5.74, 6) is -0.379. The van der Waals surface area contributed by atoms with Gasteiger partial charge in [-0.1, -0.05) is 6.07 Å². The van der Waals surface area contributed by atoms with Gasteiger partial charge in [-0.2, -0.15) is 5.26 Å². The zero-order valence-electron chi connectivity index (χ0n) is 10.9. The first-order chi connectivity index (χ1) is 9.52. The highest BCUT2D eigenvalue weighted by Crippen LogP contribution is 2.23. The molecule has 5 nitrogen and oxygen atoms in total. The van der Waals surface area contributed by atoms with E-state index in [0.717, 1.165) is 0 Å². The predicted molar refractivity (Wildman–Crippen MR) is 76.4 cm³/mol. The fourth-order valence-electron chi connectivity index (χ4n) is 1.81. The monoisotopic (exact) mass is 267 g/mol. The molecule has 0 aliphatic heterocycles. The number of nitrogens with two attached hydrogens (primary N) is 1. The summed E-state index contributed by atoms with van der Waals surface area (Å²) in [4.78, 5) is 13.8. The van der Waals surface area contributed by atoms with Crippen molar-refractivity contribution in [2.75, 3.05) is 17.7 Å². The molecular formula is C15H13N3O2. The van der Waals surface area contributed by atoms with E-state index in [2.05, 4.69) is 0 Å². The highest BCUT2D eigenvalue weighted by atomic mass is 16.3. The molecule has 2 aromatic rings. The van der Waals surface area contributed by atoms with Gasteiger partial charge in [0.15, 0.2) is 0 Å². The fourth-order valence-corrected chi connectivity index (χ4v) is 1.81. The van der Waals surface area contributed by atoms with Crippen molar-refractivity contribution >= 4 is 17.3 Å². The Morgan fingerprint density at radius 3 is 2.75 bits per heavy atom. The Morgan fingerprint density at radius 2 is 2.05 bits per heavy atom. The number of aromatic hydroxyl groups is 1. The minimum Gasteiger partial charge on any atom is -0.508 e. The Morgan fingerprint density at radius 1 is 1.30 bits per heavy atom. The average molecular weight is 267 g/mol. The topological polar surface area (TPSA) is 90.3 Å². The first-order valence-electron chi connectivity index (χ1n) is 5.89. The molecule has 1 amide bonds. The van der Waals surface area contributed by atoms with Crippen molar-refractivity contribution < 1.29 is 9.90 Å². The van der Waals surface area contributed by atoms with E-state index in [-0.39, 0.29) is 22.9 Å². The minimum atomic E-state index is -0.353. The van der Waals surface area contributed by atoms with Crippen LogP contribution in [0, 0.1) is 11.3 Å². The van der Waals surface area contributed by atoms with E-state index in [1.807, 2.05) is 6.07 Å². The molecule has 0 saturated carbocycles. The molecule has 0 atom stereocenters. The second kappa shape index (κ2) is 5.33. The maximum atomic E-state index is 12.4. The van der Waals surface area contributed by atoms with E-state index in [0.29, 0.717) is 11.3 Å². The van der Waals surface area contributed by atoms with Crippen LogP contribution in [-0.2, 0) is 0 Å². The number of benzene rings is 2. The number of carbonyl (C=O) groups excluding carboxylic acids is 1. The number of rotatable bonds is 2. The van der Waals surface area contributed by atoms with Crippen molar-refractivity contribution in [2.45, 2.75) is 0 Å². The zero-order chi connectivity index (χ0) is 14.7. The molecule has 0 saturated heterocycles. The number of nitrogen functional groups attached to an aromatic ring is 1. The maximum Gasteiger partial charge on any atom is 0.260 e. The maximum absolute atomic E-state index is 12.4. The smallest absolute Gasteiger partial charge is 0.260 e. The highest BCUT2D eigenvalue weighted by molar-refractivity contribution is 6.09. The molecule has 0 aliphatic rings. The van der Waals surface area contributed by atoms with Gasteiger partial charge in [0.25, 0.3) is 5.91 Å². The van der Waals surface area contributed by atoms with Crippen LogP contribution in [-0.4, -0.2) is 18.1 Å². The van der Waals surface area contributed by atoms with Crippen LogP contribution < -0.4 is 10.6 Å². The standard InChI is InChI=1S/C15H13N3O2/c1-18(11-4-2-3-10(7-11)9-16)15(20)13-8-12(19)5-6-14(13)17/h2-8,19H,17H2,1H3. The normalized spacial score (nSPS) is 9.80. The summed E-state index contributed by atoms with van der Waals surface area (Å²) in [5, 5.41) is 18.3. The van der Waals surface area contributed by atoms with Crippen LogP contribution in [0.25, 0.3) is 0 Å². The van der Waals surface area contributed by atoms with E-state index in [9.17, 15) is 9.90 Å². The van der Waals surface area contributed by atoms with Gasteiger partial charge < -0.3 is 15.7 Å². The quantitative estimate of drug-likeness (QED) is 0.644. The summed E-state index contributed by atoms with van der Waals surface area (Å²) >= 11 is 0. The van der Waals surface area contributed by atoms with Gasteiger partial charge in [0.05, 0.1) is 17.2 Å². The van der Waals surface area contributed by atoms with Crippen LogP contribution in [0.2, 0.25) is 0 Å². The first-order valence-corrected chi connectivity index (χ1v) is 5.89. The third kappa shape index (κ3) is 2.54. The highest BCUT2D eigenvalue weighted by Gasteiger charge is 2.17. The number of nitriles is 1. The minimum absolute atomic E-state index is 0.0262. The van der Waals surface area contributed by atoms with Gasteiger partial charge >= 0.3 is 0 Å². The van der Waals surface area contributed by atoms with Crippen molar-refractivity contribution in [3.63, 3.8) is 0 Å². The van der Waals surface area contributed by atoms with E-state index in [4.69, 9.17) is 11.0 Å². The third-order valence-electron chi connectivity index (χ3n) is 2.93. The van der Waals surface area contributed by atoms with E-state index in [1.165, 1.54) is 23.1 Å². The molecule has 100 valence electrons. The lowest BCUT2D eigenvalue weighted by molar-refractivity contribution is 0.0993. The summed E-state index contributed by atoms with van der Waals surface area (Å²) in [6.45, 7) is 0. The molecule has 0 radical (unpaired) electrons. The molecule has 0 fully saturated rings. The Hall–Kier alpha value is -3.00. The number of hydrogen-bond acceptors (Lipinski definition) is 4. The lowest BCUT2D eigenvalue weighted by Gasteiger charge is -2.18. The van der Waals surface area contributed by atoms with Crippen molar-refractivity contribution in [2.24, 2.45) is 0 Å². The van der Waals surface area contributed by atoms with E-state index < -0.39 is 0 Å². The largest absolute Gasteiger partial charge is 0.508 e.